The summed E-state index contributed by atoms with van der Waals surface area (Å²) in [5.41, 5.74) is -3.57. The monoisotopic (exact) mass is 1160 g/mol. The van der Waals surface area contributed by atoms with E-state index >= 15 is 0 Å². The fraction of sp³-hybridized carbons (Fsp3) is 0.767. The maximum absolute atomic E-state index is 14.5. The van der Waals surface area contributed by atoms with Crippen LogP contribution in [0.15, 0.2) is 18.2 Å². The Morgan fingerprint density at radius 3 is 1.44 bits per heavy atom. The highest BCUT2D eigenvalue weighted by Gasteiger charge is 2.55. The molecule has 6 unspecified atom stereocenters. The molecule has 0 spiro atoms. The first-order valence-electron chi connectivity index (χ1n) is 29.7. The van der Waals surface area contributed by atoms with Crippen molar-refractivity contribution in [2.45, 2.75) is 266 Å². The molecule has 10 rings (SSSR count). The van der Waals surface area contributed by atoms with Gasteiger partial charge in [0, 0.05) is 73.7 Å². The molecule has 82 heavy (non-hydrogen) atoms. The minimum atomic E-state index is -1.85. The lowest BCUT2D eigenvalue weighted by Gasteiger charge is -2.50. The summed E-state index contributed by atoms with van der Waals surface area (Å²) >= 11 is 0. The first-order valence-corrected chi connectivity index (χ1v) is 29.7. The summed E-state index contributed by atoms with van der Waals surface area (Å²) in [5, 5.41) is 69.7. The summed E-state index contributed by atoms with van der Waals surface area (Å²) in [7, 11) is 7.69. The zero-order valence-corrected chi connectivity index (χ0v) is 49.2. The molecule has 458 valence electrons. The molecule has 6 aliphatic heterocycles. The van der Waals surface area contributed by atoms with Gasteiger partial charge in [-0.15, -0.1) is 0 Å². The summed E-state index contributed by atoms with van der Waals surface area (Å²) < 4.78 is 77.8. The minimum absolute atomic E-state index is 0.0402. The van der Waals surface area contributed by atoms with Crippen LogP contribution in [0.2, 0.25) is 0 Å². The van der Waals surface area contributed by atoms with Gasteiger partial charge >= 0.3 is 0 Å². The highest BCUT2D eigenvalue weighted by Crippen LogP contribution is 2.58. The molecular weight excluding hydrogens is 1070 g/mol. The van der Waals surface area contributed by atoms with Crippen LogP contribution in [0, 0.1) is 0 Å². The van der Waals surface area contributed by atoms with E-state index < -0.39 is 132 Å². The van der Waals surface area contributed by atoms with Gasteiger partial charge in [-0.2, -0.15) is 0 Å². The van der Waals surface area contributed by atoms with Gasteiger partial charge in [-0.3, -0.25) is 9.59 Å². The number of benzene rings is 2. The van der Waals surface area contributed by atoms with Crippen molar-refractivity contribution in [1.82, 2.24) is 9.80 Å². The Hall–Kier alpha value is -3.50. The van der Waals surface area contributed by atoms with Crippen LogP contribution in [0.3, 0.4) is 0 Å². The van der Waals surface area contributed by atoms with Gasteiger partial charge < -0.3 is 97.3 Å². The van der Waals surface area contributed by atoms with Crippen LogP contribution in [-0.2, 0) is 56.8 Å². The minimum Gasteiger partial charge on any atom is -0.507 e. The van der Waals surface area contributed by atoms with Crippen molar-refractivity contribution >= 4 is 11.6 Å². The number of phenols is 3. The summed E-state index contributed by atoms with van der Waals surface area (Å²) in [6, 6.07) is 3.42. The van der Waals surface area contributed by atoms with Gasteiger partial charge in [-0.1, -0.05) is 19.1 Å². The van der Waals surface area contributed by atoms with E-state index in [0.29, 0.717) is 51.4 Å². The number of ether oxygens (including phenoxy) is 12. The van der Waals surface area contributed by atoms with Gasteiger partial charge in [-0.25, -0.2) is 0 Å². The predicted octanol–water partition coefficient (Wildman–Crippen LogP) is 5.73. The van der Waals surface area contributed by atoms with Crippen molar-refractivity contribution in [3.05, 3.63) is 51.6 Å². The van der Waals surface area contributed by atoms with Crippen molar-refractivity contribution in [3.63, 3.8) is 0 Å². The lowest BCUT2D eigenvalue weighted by molar-refractivity contribution is -0.324. The molecule has 6 fully saturated rings. The Labute approximate surface area is 480 Å². The Morgan fingerprint density at radius 2 is 0.963 bits per heavy atom. The second-order valence-electron chi connectivity index (χ2n) is 24.6. The third kappa shape index (κ3) is 12.3. The lowest BCUT2D eigenvalue weighted by atomic mass is 9.70. The molecule has 0 aromatic heterocycles. The molecular formula is C60H88N2O20. The first kappa shape index (κ1) is 61.6. The Kier molecular flexibility index (Phi) is 18.8. The number of hydrogen-bond acceptors (Lipinski definition) is 22. The summed E-state index contributed by atoms with van der Waals surface area (Å²) in [5.74, 6) is -3.53. The first-order chi connectivity index (χ1) is 38.9. The molecule has 6 heterocycles. The zero-order chi connectivity index (χ0) is 58.8. The molecule has 22 nitrogen and oxygen atoms in total. The summed E-state index contributed by atoms with van der Waals surface area (Å²) in [6.45, 7) is 13.0. The van der Waals surface area contributed by atoms with Crippen molar-refractivity contribution in [3.8, 4) is 17.2 Å². The van der Waals surface area contributed by atoms with Crippen LogP contribution in [0.1, 0.15) is 181 Å². The van der Waals surface area contributed by atoms with E-state index in [9.17, 15) is 40.2 Å². The van der Waals surface area contributed by atoms with E-state index in [1.165, 1.54) is 18.2 Å². The van der Waals surface area contributed by atoms with Gasteiger partial charge in [-0.05, 0) is 108 Å². The molecule has 0 amide bonds. The van der Waals surface area contributed by atoms with Crippen molar-refractivity contribution in [1.29, 1.82) is 0 Å². The lowest BCUT2D eigenvalue weighted by Crippen LogP contribution is -2.57. The second kappa shape index (κ2) is 25.1. The number of phenolic OH excluding ortho intramolecular Hbond substituents is 3. The van der Waals surface area contributed by atoms with E-state index in [1.807, 2.05) is 79.5 Å². The molecule has 2 aromatic rings. The maximum Gasteiger partial charge on any atom is 0.202 e. The van der Waals surface area contributed by atoms with Gasteiger partial charge in [0.2, 0.25) is 5.78 Å². The largest absolute Gasteiger partial charge is 0.507 e. The number of aliphatic hydroxyl groups is 3. The van der Waals surface area contributed by atoms with Crippen LogP contribution < -0.4 is 0 Å². The van der Waals surface area contributed by atoms with Gasteiger partial charge in [0.05, 0.1) is 89.4 Å². The topological polar surface area (TPSA) is 273 Å². The molecule has 22 heteroatoms. The molecule has 2 aromatic carbocycles. The SMILES string of the molecule is CC[C@@]1(O)C[C@H](OC2C[C@H](N(C)C)C(O[C@H]3CC[C@H](OC4CC[C@H](O)[C@H](C)O4)[C@H](C)O3)[C@H](C)O2)c2c(O)c3c(c(O)c2C1O[C@H]1C[C@H](N(C)C)C(O[C@H]2CCC(O[C@H]4CC[C@H](O)[C@H](C)O4)[C@H](C)O2)[C@H](C)O1)C(=O)c1cccc(O)c1C3=O. The average molecular weight is 1160 g/mol. The quantitative estimate of drug-likeness (QED) is 0.0992. The molecule has 23 atom stereocenters. The van der Waals surface area contributed by atoms with Crippen LogP contribution >= 0.6 is 0 Å². The maximum atomic E-state index is 14.5. The third-order valence-electron chi connectivity index (χ3n) is 18.6. The number of rotatable bonds is 15. The number of ketones is 2. The average Bonchev–Trinajstić information content (AvgIpc) is 3.62. The number of hydrogen-bond donors (Lipinski definition) is 6. The fourth-order valence-electron chi connectivity index (χ4n) is 13.7. The number of likely N-dealkylation sites (N-methyl/N-ethyl adjacent to an activating group) is 2. The fourth-order valence-corrected chi connectivity index (χ4v) is 13.7. The van der Waals surface area contributed by atoms with E-state index in [4.69, 9.17) is 56.8 Å². The Balaban J connectivity index is 0.885. The molecule has 2 aliphatic carbocycles. The molecule has 6 N–H and O–H groups in total. The van der Waals surface area contributed by atoms with Crippen molar-refractivity contribution < 1.29 is 97.1 Å². The standard InChI is InChI=1S/C60H88N2O20/c1-12-60(70)26-41(79-46-24-34(61(8)9)57(31(6)75-46)80-44-22-18-39(29(4)73-44)77-42-20-16-36(63)27(2)71-42)49-52(56(69)50-51(55(49)68)54(67)48-33(53(50)66)14-13-15-38(48)65)59(60)82-47-25-35(62(10)11)58(32(7)76-47)81-45-23-19-40(30(5)74-45)78-43-21-17-37(64)28(3)72-43/h13-15,27-32,34-37,39-47,57-59,63-65,68-70H,12,16-26H2,1-11H3/t27-,28-,29-,30-,31-,32-,34-,35-,36-,37-,39-,40?,41-,42?,43-,44-,45-,46?,47-,57?,58?,59?,60+/m0/s1. The number of aliphatic hydroxyl groups excluding tert-OH is 2. The smallest absolute Gasteiger partial charge is 0.202 e. The van der Waals surface area contributed by atoms with E-state index in [2.05, 4.69) is 0 Å². The van der Waals surface area contributed by atoms with Crippen molar-refractivity contribution in [2.75, 3.05) is 28.2 Å². The Morgan fingerprint density at radius 1 is 0.524 bits per heavy atom. The zero-order valence-electron chi connectivity index (χ0n) is 49.2. The Bertz CT molecular complexity index is 2590. The molecule has 6 saturated heterocycles. The van der Waals surface area contributed by atoms with Crippen LogP contribution in [-0.4, -0.2) is 209 Å². The van der Waals surface area contributed by atoms with Crippen LogP contribution in [0.4, 0.5) is 0 Å². The number of nitrogens with zero attached hydrogens (tertiary/aromatic N) is 2. The van der Waals surface area contributed by atoms with Gasteiger partial charge in [0.1, 0.15) is 35.6 Å². The van der Waals surface area contributed by atoms with Gasteiger partial charge in [0.15, 0.2) is 43.5 Å². The third-order valence-corrected chi connectivity index (χ3v) is 18.6. The van der Waals surface area contributed by atoms with Crippen molar-refractivity contribution in [2.24, 2.45) is 0 Å². The second-order valence-corrected chi connectivity index (χ2v) is 24.6. The van der Waals surface area contributed by atoms with Gasteiger partial charge in [0.25, 0.3) is 0 Å². The van der Waals surface area contributed by atoms with Crippen LogP contribution in [0.25, 0.3) is 0 Å². The number of aromatic hydroxyl groups is 3. The van der Waals surface area contributed by atoms with E-state index in [1.54, 1.807) is 6.92 Å². The molecule has 0 saturated carbocycles. The highest BCUT2D eigenvalue weighted by atomic mass is 16.8. The summed E-state index contributed by atoms with van der Waals surface area (Å²) in [6.07, 6.45) is -6.74. The van der Waals surface area contributed by atoms with E-state index in [-0.39, 0.29) is 96.6 Å². The summed E-state index contributed by atoms with van der Waals surface area (Å²) in [4.78, 5) is 33.1. The predicted molar refractivity (Wildman–Crippen MR) is 291 cm³/mol. The molecule has 8 aliphatic rings. The van der Waals surface area contributed by atoms with Crippen LogP contribution in [0.5, 0.6) is 17.2 Å². The molecule has 0 bridgehead atoms. The highest BCUT2D eigenvalue weighted by molar-refractivity contribution is 6.31. The molecule has 0 radical (unpaired) electrons. The number of fused-ring (bicyclic) bond motifs is 3. The number of carbonyl (C=O) groups is 2. The van der Waals surface area contributed by atoms with E-state index in [0.717, 1.165) is 0 Å². The normalized spacial score (nSPS) is 41.8. The number of carbonyl (C=O) groups excluding carboxylic acids is 2.